The first-order chi connectivity index (χ1) is 9.65. The van der Waals surface area contributed by atoms with Gasteiger partial charge in [-0.3, -0.25) is 9.59 Å². The number of hydrogen-bond acceptors (Lipinski definition) is 5. The number of nitrogens with zero attached hydrogens (tertiary/aromatic N) is 2. The van der Waals surface area contributed by atoms with E-state index in [2.05, 4.69) is 10.3 Å². The molecular formula is C13H13N3O2S2. The van der Waals surface area contributed by atoms with E-state index in [0.29, 0.717) is 18.0 Å². The lowest BCUT2D eigenvalue weighted by Crippen LogP contribution is -2.49. The van der Waals surface area contributed by atoms with Crippen LogP contribution < -0.4 is 5.32 Å². The molecule has 3 rings (SSSR count). The van der Waals surface area contributed by atoms with Crippen LogP contribution in [0.15, 0.2) is 17.5 Å². The van der Waals surface area contributed by atoms with Gasteiger partial charge in [-0.05, 0) is 18.4 Å². The fraction of sp³-hybridized carbons (Fsp3) is 0.308. The topological polar surface area (TPSA) is 62.3 Å². The van der Waals surface area contributed by atoms with Crippen molar-refractivity contribution in [2.45, 2.75) is 6.92 Å². The van der Waals surface area contributed by atoms with Crippen LogP contribution in [0.4, 0.5) is 0 Å². The Morgan fingerprint density at radius 1 is 1.50 bits per heavy atom. The summed E-state index contributed by atoms with van der Waals surface area (Å²) in [7, 11) is 0. The molecule has 5 nitrogen and oxygen atoms in total. The Morgan fingerprint density at radius 3 is 3.05 bits per heavy atom. The standard InChI is InChI=1S/C13H13N3O2S2/c1-8-11(13(18)16-5-4-14-10(17)7-16)20-12(15-8)9-3-2-6-19-9/h2-3,6H,4-5,7H2,1H3,(H,14,17). The summed E-state index contributed by atoms with van der Waals surface area (Å²) in [6.45, 7) is 3.03. The Bertz CT molecular complexity index is 649. The SMILES string of the molecule is Cc1nc(-c2cccs2)sc1C(=O)N1CCNC(=O)C1. The van der Waals surface area contributed by atoms with Crippen LogP contribution in [0.3, 0.4) is 0 Å². The van der Waals surface area contributed by atoms with Crippen molar-refractivity contribution in [3.8, 4) is 9.88 Å². The minimum Gasteiger partial charge on any atom is -0.353 e. The number of hydrogen-bond donors (Lipinski definition) is 1. The number of aromatic nitrogens is 1. The van der Waals surface area contributed by atoms with E-state index in [1.54, 1.807) is 16.2 Å². The molecule has 1 aliphatic rings. The number of thiophene rings is 1. The van der Waals surface area contributed by atoms with Gasteiger partial charge in [-0.25, -0.2) is 4.98 Å². The van der Waals surface area contributed by atoms with Gasteiger partial charge in [0, 0.05) is 13.1 Å². The minimum absolute atomic E-state index is 0.0994. The molecule has 3 heterocycles. The fourth-order valence-corrected chi connectivity index (χ4v) is 3.89. The van der Waals surface area contributed by atoms with Crippen LogP contribution in [0.25, 0.3) is 9.88 Å². The Morgan fingerprint density at radius 2 is 2.35 bits per heavy atom. The highest BCUT2D eigenvalue weighted by Crippen LogP contribution is 2.31. The third-order valence-electron chi connectivity index (χ3n) is 3.05. The maximum absolute atomic E-state index is 12.5. The molecule has 2 amide bonds. The summed E-state index contributed by atoms with van der Waals surface area (Å²) in [6.07, 6.45) is 0. The molecule has 0 unspecified atom stereocenters. The highest BCUT2D eigenvalue weighted by molar-refractivity contribution is 7.22. The van der Waals surface area contributed by atoms with Crippen LogP contribution >= 0.6 is 22.7 Å². The molecule has 1 aliphatic heterocycles. The van der Waals surface area contributed by atoms with Crippen molar-refractivity contribution in [2.24, 2.45) is 0 Å². The van der Waals surface area contributed by atoms with E-state index >= 15 is 0 Å². The second kappa shape index (κ2) is 5.34. The van der Waals surface area contributed by atoms with Crippen LogP contribution in [0, 0.1) is 6.92 Å². The van der Waals surface area contributed by atoms with E-state index in [1.165, 1.54) is 11.3 Å². The summed E-state index contributed by atoms with van der Waals surface area (Å²) in [5.74, 6) is -0.206. The molecule has 1 saturated heterocycles. The number of carbonyl (C=O) groups is 2. The van der Waals surface area contributed by atoms with Gasteiger partial charge in [0.15, 0.2) is 0 Å². The van der Waals surface area contributed by atoms with Gasteiger partial charge < -0.3 is 10.2 Å². The minimum atomic E-state index is -0.106. The van der Waals surface area contributed by atoms with E-state index in [-0.39, 0.29) is 18.4 Å². The summed E-state index contributed by atoms with van der Waals surface area (Å²) in [4.78, 5) is 31.6. The highest BCUT2D eigenvalue weighted by atomic mass is 32.1. The van der Waals surface area contributed by atoms with Gasteiger partial charge in [0.25, 0.3) is 5.91 Å². The van der Waals surface area contributed by atoms with Gasteiger partial charge in [-0.15, -0.1) is 22.7 Å². The summed E-state index contributed by atoms with van der Waals surface area (Å²) < 4.78 is 0. The van der Waals surface area contributed by atoms with E-state index in [0.717, 1.165) is 15.6 Å². The van der Waals surface area contributed by atoms with Crippen molar-refractivity contribution in [3.05, 3.63) is 28.1 Å². The summed E-state index contributed by atoms with van der Waals surface area (Å²) in [6, 6.07) is 3.96. The fourth-order valence-electron chi connectivity index (χ4n) is 2.06. The number of aryl methyl sites for hydroxylation is 1. The Labute approximate surface area is 124 Å². The van der Waals surface area contributed by atoms with E-state index in [1.807, 2.05) is 24.4 Å². The van der Waals surface area contributed by atoms with Crippen molar-refractivity contribution < 1.29 is 9.59 Å². The smallest absolute Gasteiger partial charge is 0.266 e. The van der Waals surface area contributed by atoms with E-state index in [4.69, 9.17) is 0 Å². The molecule has 0 radical (unpaired) electrons. The Balaban J connectivity index is 1.86. The van der Waals surface area contributed by atoms with Crippen molar-refractivity contribution >= 4 is 34.5 Å². The molecule has 0 aromatic carbocycles. The van der Waals surface area contributed by atoms with Crippen LogP contribution in [-0.2, 0) is 4.79 Å². The number of nitrogens with one attached hydrogen (secondary N) is 1. The maximum atomic E-state index is 12.5. The molecule has 104 valence electrons. The molecule has 1 fully saturated rings. The average molecular weight is 307 g/mol. The van der Waals surface area contributed by atoms with Crippen molar-refractivity contribution in [1.82, 2.24) is 15.2 Å². The summed E-state index contributed by atoms with van der Waals surface area (Å²) in [5.41, 5.74) is 0.731. The number of carbonyl (C=O) groups excluding carboxylic acids is 2. The first kappa shape index (κ1) is 13.3. The molecule has 2 aromatic rings. The van der Waals surface area contributed by atoms with Gasteiger partial charge in [-0.2, -0.15) is 0 Å². The molecule has 20 heavy (non-hydrogen) atoms. The van der Waals surface area contributed by atoms with Crippen molar-refractivity contribution in [3.63, 3.8) is 0 Å². The predicted molar refractivity (Wildman–Crippen MR) is 79.1 cm³/mol. The zero-order chi connectivity index (χ0) is 14.1. The normalized spacial score (nSPS) is 15.2. The number of piperazine rings is 1. The lowest BCUT2D eigenvalue weighted by Gasteiger charge is -2.26. The van der Waals surface area contributed by atoms with E-state index in [9.17, 15) is 9.59 Å². The van der Waals surface area contributed by atoms with Crippen LogP contribution in [-0.4, -0.2) is 41.3 Å². The zero-order valence-electron chi connectivity index (χ0n) is 10.9. The predicted octanol–water partition coefficient (Wildman–Crippen LogP) is 1.75. The Kier molecular flexibility index (Phi) is 3.54. The maximum Gasteiger partial charge on any atom is 0.266 e. The molecule has 0 saturated carbocycles. The van der Waals surface area contributed by atoms with Gasteiger partial charge in [0.2, 0.25) is 5.91 Å². The molecule has 1 N–H and O–H groups in total. The first-order valence-electron chi connectivity index (χ1n) is 6.22. The molecule has 0 bridgehead atoms. The van der Waals surface area contributed by atoms with Crippen molar-refractivity contribution in [1.29, 1.82) is 0 Å². The van der Waals surface area contributed by atoms with E-state index < -0.39 is 0 Å². The molecule has 7 heteroatoms. The summed E-state index contributed by atoms with van der Waals surface area (Å²) >= 11 is 3.00. The first-order valence-corrected chi connectivity index (χ1v) is 7.92. The lowest BCUT2D eigenvalue weighted by molar-refractivity contribution is -0.123. The number of amides is 2. The van der Waals surface area contributed by atoms with Gasteiger partial charge in [0.1, 0.15) is 9.88 Å². The monoisotopic (exact) mass is 307 g/mol. The van der Waals surface area contributed by atoms with Crippen molar-refractivity contribution in [2.75, 3.05) is 19.6 Å². The summed E-state index contributed by atoms with van der Waals surface area (Å²) in [5, 5.41) is 5.57. The highest BCUT2D eigenvalue weighted by Gasteiger charge is 2.26. The molecule has 0 atom stereocenters. The lowest BCUT2D eigenvalue weighted by atomic mass is 10.3. The van der Waals surface area contributed by atoms with Gasteiger partial charge in [-0.1, -0.05) is 6.07 Å². The van der Waals surface area contributed by atoms with Crippen LogP contribution in [0.5, 0.6) is 0 Å². The van der Waals surface area contributed by atoms with Crippen LogP contribution in [0.1, 0.15) is 15.4 Å². The molecule has 0 aliphatic carbocycles. The second-order valence-electron chi connectivity index (χ2n) is 4.49. The molecule has 2 aromatic heterocycles. The molecule has 0 spiro atoms. The zero-order valence-corrected chi connectivity index (χ0v) is 12.5. The third kappa shape index (κ3) is 2.46. The third-order valence-corrected chi connectivity index (χ3v) is 5.23. The molecular weight excluding hydrogens is 294 g/mol. The average Bonchev–Trinajstić information content (AvgIpc) is 3.07. The quantitative estimate of drug-likeness (QED) is 0.919. The van der Waals surface area contributed by atoms with Gasteiger partial charge >= 0.3 is 0 Å². The van der Waals surface area contributed by atoms with Gasteiger partial charge in [0.05, 0.1) is 17.1 Å². The second-order valence-corrected chi connectivity index (χ2v) is 6.43. The largest absolute Gasteiger partial charge is 0.353 e. The number of rotatable bonds is 2. The van der Waals surface area contributed by atoms with Crippen LogP contribution in [0.2, 0.25) is 0 Å². The Hall–Kier alpha value is -1.73. The number of thiazole rings is 1.